The van der Waals surface area contributed by atoms with E-state index in [0.29, 0.717) is 0 Å². The monoisotopic (exact) mass is 334 g/mol. The molecule has 0 saturated carbocycles. The second-order valence-electron chi connectivity index (χ2n) is 5.39. The molecule has 1 aliphatic rings. The minimum absolute atomic E-state index is 0. The summed E-state index contributed by atoms with van der Waals surface area (Å²) < 4.78 is 29.3. The summed E-state index contributed by atoms with van der Waals surface area (Å²) in [5, 5.41) is 3.35. The van der Waals surface area contributed by atoms with Crippen molar-refractivity contribution in [2.24, 2.45) is 0 Å². The highest BCUT2D eigenvalue weighted by Gasteiger charge is 2.22. The number of halogens is 3. The second kappa shape index (κ2) is 9.98. The molecule has 0 aliphatic carbocycles. The van der Waals surface area contributed by atoms with Gasteiger partial charge in [-0.05, 0) is 24.1 Å². The van der Waals surface area contributed by atoms with Crippen molar-refractivity contribution in [1.29, 1.82) is 0 Å². The van der Waals surface area contributed by atoms with Gasteiger partial charge in [-0.1, -0.05) is 31.9 Å². The van der Waals surface area contributed by atoms with E-state index >= 15 is 0 Å². The first-order valence-corrected chi connectivity index (χ1v) is 7.70. The van der Waals surface area contributed by atoms with E-state index in [1.54, 1.807) is 18.2 Å². The molecule has 1 atom stereocenters. The fraction of sp³-hybridized carbons (Fsp3) is 0.625. The molecule has 0 aromatic heterocycles. The maximum absolute atomic E-state index is 12.4. The van der Waals surface area contributed by atoms with Crippen LogP contribution in [0.4, 0.5) is 8.78 Å². The van der Waals surface area contributed by atoms with Crippen LogP contribution in [0.5, 0.6) is 5.75 Å². The molecule has 1 saturated heterocycles. The van der Waals surface area contributed by atoms with Gasteiger partial charge >= 0.3 is 6.61 Å². The molecule has 1 N–H and O–H groups in total. The highest BCUT2D eigenvalue weighted by atomic mass is 35.5. The Balaban J connectivity index is 0.00000242. The number of hydrogen-bond acceptors (Lipinski definition) is 3. The van der Waals surface area contributed by atoms with Gasteiger partial charge in [-0.3, -0.25) is 4.90 Å². The Morgan fingerprint density at radius 1 is 1.27 bits per heavy atom. The summed E-state index contributed by atoms with van der Waals surface area (Å²) >= 11 is 0. The fourth-order valence-electron chi connectivity index (χ4n) is 2.85. The molecule has 1 fully saturated rings. The van der Waals surface area contributed by atoms with Gasteiger partial charge in [0.25, 0.3) is 0 Å². The van der Waals surface area contributed by atoms with Crippen LogP contribution >= 0.6 is 12.4 Å². The van der Waals surface area contributed by atoms with Crippen molar-refractivity contribution in [3.05, 3.63) is 29.8 Å². The van der Waals surface area contributed by atoms with Crippen LogP contribution in [0.1, 0.15) is 37.8 Å². The summed E-state index contributed by atoms with van der Waals surface area (Å²) in [5.41, 5.74) is 1.07. The van der Waals surface area contributed by atoms with Gasteiger partial charge < -0.3 is 10.1 Å². The van der Waals surface area contributed by atoms with Crippen LogP contribution in [-0.4, -0.2) is 37.7 Å². The van der Waals surface area contributed by atoms with Gasteiger partial charge in [-0.15, -0.1) is 12.4 Å². The van der Waals surface area contributed by atoms with Crippen LogP contribution in [0.25, 0.3) is 0 Å². The number of alkyl halides is 2. The van der Waals surface area contributed by atoms with Crippen LogP contribution in [-0.2, 0) is 0 Å². The number of rotatable bonds is 7. The number of hydrogen-bond donors (Lipinski definition) is 1. The highest BCUT2D eigenvalue weighted by Crippen LogP contribution is 2.29. The summed E-state index contributed by atoms with van der Waals surface area (Å²) in [6, 6.07) is 7.45. The van der Waals surface area contributed by atoms with Gasteiger partial charge in [0.15, 0.2) is 0 Å². The van der Waals surface area contributed by atoms with Crippen molar-refractivity contribution in [2.45, 2.75) is 38.8 Å². The topological polar surface area (TPSA) is 24.5 Å². The normalized spacial score (nSPS) is 17.1. The van der Waals surface area contributed by atoms with Crippen LogP contribution in [0, 0.1) is 0 Å². The van der Waals surface area contributed by atoms with Crippen molar-refractivity contribution in [3.63, 3.8) is 0 Å². The predicted molar refractivity (Wildman–Crippen MR) is 87.0 cm³/mol. The van der Waals surface area contributed by atoms with Gasteiger partial charge in [0.2, 0.25) is 0 Å². The van der Waals surface area contributed by atoms with E-state index in [2.05, 4.69) is 21.9 Å². The zero-order valence-electron chi connectivity index (χ0n) is 12.9. The summed E-state index contributed by atoms with van der Waals surface area (Å²) in [5.74, 6) is 0.249. The number of ether oxygens (including phenoxy) is 1. The Labute approximate surface area is 137 Å². The molecule has 0 spiro atoms. The lowest BCUT2D eigenvalue weighted by molar-refractivity contribution is -0.0499. The zero-order valence-corrected chi connectivity index (χ0v) is 13.7. The van der Waals surface area contributed by atoms with Crippen LogP contribution in [0.3, 0.4) is 0 Å². The summed E-state index contributed by atoms with van der Waals surface area (Å²) in [7, 11) is 0. The van der Waals surface area contributed by atoms with Crippen molar-refractivity contribution in [3.8, 4) is 5.75 Å². The van der Waals surface area contributed by atoms with Gasteiger partial charge in [0.1, 0.15) is 5.75 Å². The third-order valence-electron chi connectivity index (χ3n) is 3.89. The molecule has 126 valence electrons. The van der Waals surface area contributed by atoms with E-state index in [-0.39, 0.29) is 24.2 Å². The molecule has 1 aromatic rings. The molecule has 0 unspecified atom stereocenters. The maximum Gasteiger partial charge on any atom is 0.387 e. The first-order valence-electron chi connectivity index (χ1n) is 7.70. The third-order valence-corrected chi connectivity index (χ3v) is 3.89. The number of nitrogens with zero attached hydrogens (tertiary/aromatic N) is 1. The molecule has 0 bridgehead atoms. The largest absolute Gasteiger partial charge is 0.435 e. The summed E-state index contributed by atoms with van der Waals surface area (Å²) in [4.78, 5) is 2.44. The van der Waals surface area contributed by atoms with Crippen molar-refractivity contribution < 1.29 is 13.5 Å². The number of piperazine rings is 1. The molecule has 2 rings (SSSR count). The van der Waals surface area contributed by atoms with E-state index in [4.69, 9.17) is 0 Å². The standard InChI is InChI=1S/C16H24F2N2O.ClH/c1-2-3-7-15(20-10-8-19-9-11-20)13-5-4-6-14(12-13)21-16(17)18;/h4-6,12,15-16,19H,2-3,7-11H2,1H3;1H/t15-;/m1./s1. The number of nitrogens with one attached hydrogen (secondary N) is 1. The molecule has 3 nitrogen and oxygen atoms in total. The van der Waals surface area contributed by atoms with Crippen LogP contribution in [0.15, 0.2) is 24.3 Å². The van der Waals surface area contributed by atoms with E-state index in [9.17, 15) is 8.78 Å². The Morgan fingerprint density at radius 2 is 2.00 bits per heavy atom. The SMILES string of the molecule is CCCC[C@H](c1cccc(OC(F)F)c1)N1CCNCC1.Cl. The molecular weight excluding hydrogens is 310 g/mol. The summed E-state index contributed by atoms with van der Waals surface area (Å²) in [6.07, 6.45) is 3.32. The van der Waals surface area contributed by atoms with E-state index < -0.39 is 6.61 Å². The predicted octanol–water partition coefficient (Wildman–Crippen LogP) is 3.85. The molecule has 1 aromatic carbocycles. The molecule has 1 heterocycles. The first-order chi connectivity index (χ1) is 10.2. The smallest absolute Gasteiger partial charge is 0.387 e. The molecule has 0 amide bonds. The zero-order chi connectivity index (χ0) is 15.1. The average molecular weight is 335 g/mol. The number of unbranched alkanes of at least 4 members (excludes halogenated alkanes) is 1. The fourth-order valence-corrected chi connectivity index (χ4v) is 2.85. The average Bonchev–Trinajstić information content (AvgIpc) is 2.48. The quantitative estimate of drug-likeness (QED) is 0.819. The van der Waals surface area contributed by atoms with Crippen LogP contribution in [0.2, 0.25) is 0 Å². The van der Waals surface area contributed by atoms with Crippen molar-refractivity contribution >= 4 is 12.4 Å². The van der Waals surface area contributed by atoms with Gasteiger partial charge in [-0.2, -0.15) is 8.78 Å². The Morgan fingerprint density at radius 3 is 2.64 bits per heavy atom. The van der Waals surface area contributed by atoms with E-state index in [1.165, 1.54) is 0 Å². The second-order valence-corrected chi connectivity index (χ2v) is 5.39. The van der Waals surface area contributed by atoms with Crippen molar-refractivity contribution in [1.82, 2.24) is 10.2 Å². The van der Waals surface area contributed by atoms with E-state index in [0.717, 1.165) is 51.0 Å². The van der Waals surface area contributed by atoms with Crippen molar-refractivity contribution in [2.75, 3.05) is 26.2 Å². The van der Waals surface area contributed by atoms with E-state index in [1.807, 2.05) is 6.07 Å². The lowest BCUT2D eigenvalue weighted by atomic mass is 9.98. The minimum atomic E-state index is -2.77. The molecular formula is C16H25ClF2N2O. The number of benzene rings is 1. The molecule has 6 heteroatoms. The Bertz CT molecular complexity index is 428. The minimum Gasteiger partial charge on any atom is -0.435 e. The highest BCUT2D eigenvalue weighted by molar-refractivity contribution is 5.85. The molecule has 1 aliphatic heterocycles. The van der Waals surface area contributed by atoms with Gasteiger partial charge in [0.05, 0.1) is 0 Å². The summed E-state index contributed by atoms with van der Waals surface area (Å²) in [6.45, 7) is 3.35. The van der Waals surface area contributed by atoms with Gasteiger partial charge in [0, 0.05) is 32.2 Å². The third kappa shape index (κ3) is 5.71. The Hall–Kier alpha value is -0.910. The lowest BCUT2D eigenvalue weighted by Gasteiger charge is -2.35. The lowest BCUT2D eigenvalue weighted by Crippen LogP contribution is -2.45. The molecule has 0 radical (unpaired) electrons. The van der Waals surface area contributed by atoms with Crippen LogP contribution < -0.4 is 10.1 Å². The maximum atomic E-state index is 12.4. The van der Waals surface area contributed by atoms with Gasteiger partial charge in [-0.25, -0.2) is 0 Å². The first kappa shape index (κ1) is 19.1. The molecule has 22 heavy (non-hydrogen) atoms. The Kier molecular flexibility index (Phi) is 8.68.